The number of nitrogens with two attached hydrogens (primary N) is 1. The predicted octanol–water partition coefficient (Wildman–Crippen LogP) is 2.42. The van der Waals surface area contributed by atoms with Crippen molar-refractivity contribution in [2.45, 2.75) is 46.1 Å². The summed E-state index contributed by atoms with van der Waals surface area (Å²) in [4.78, 5) is 11.3. The van der Waals surface area contributed by atoms with Crippen LogP contribution in [0.3, 0.4) is 0 Å². The molecule has 0 aromatic carbocycles. The van der Waals surface area contributed by atoms with Gasteiger partial charge in [0.2, 0.25) is 0 Å². The Morgan fingerprint density at radius 2 is 2.06 bits per heavy atom. The molecule has 2 N–H and O–H groups in total. The van der Waals surface area contributed by atoms with Gasteiger partial charge in [-0.2, -0.15) is 0 Å². The summed E-state index contributed by atoms with van der Waals surface area (Å²) in [6.07, 6.45) is 1.22. The highest BCUT2D eigenvalue weighted by molar-refractivity contribution is 5.48. The van der Waals surface area contributed by atoms with Gasteiger partial charge in [-0.25, -0.2) is 9.97 Å². The lowest BCUT2D eigenvalue weighted by Gasteiger charge is -2.23. The van der Waals surface area contributed by atoms with Gasteiger partial charge in [-0.1, -0.05) is 20.8 Å². The van der Waals surface area contributed by atoms with Gasteiger partial charge in [0, 0.05) is 24.6 Å². The molecule has 4 nitrogen and oxygen atoms in total. The maximum Gasteiger partial charge on any atom is 0.135 e. The van der Waals surface area contributed by atoms with Gasteiger partial charge in [-0.3, -0.25) is 0 Å². The largest absolute Gasteiger partial charge is 0.384 e. The highest BCUT2D eigenvalue weighted by Crippen LogP contribution is 2.28. The summed E-state index contributed by atoms with van der Waals surface area (Å²) in [5.74, 6) is 3.44. The van der Waals surface area contributed by atoms with Gasteiger partial charge in [-0.15, -0.1) is 0 Å². The van der Waals surface area contributed by atoms with E-state index in [-0.39, 0.29) is 0 Å². The predicted molar refractivity (Wildman–Crippen MR) is 71.1 cm³/mol. The Hall–Kier alpha value is -1.32. The van der Waals surface area contributed by atoms with E-state index in [1.807, 2.05) is 6.07 Å². The van der Waals surface area contributed by atoms with Crippen molar-refractivity contribution < 1.29 is 0 Å². The lowest BCUT2D eigenvalue weighted by molar-refractivity contribution is 0.625. The Labute approximate surface area is 103 Å². The second kappa shape index (κ2) is 4.51. The van der Waals surface area contributed by atoms with Gasteiger partial charge in [0.15, 0.2) is 0 Å². The van der Waals surface area contributed by atoms with E-state index in [0.717, 1.165) is 24.1 Å². The SMILES string of the molecule is CC1CC(C)N(c2cc(N)nc(C(C)C)n2)C1. The molecule has 2 rings (SSSR count). The molecule has 2 unspecified atom stereocenters. The molecule has 1 fully saturated rings. The zero-order valence-electron chi connectivity index (χ0n) is 11.1. The maximum atomic E-state index is 5.87. The molecule has 0 radical (unpaired) electrons. The Morgan fingerprint density at radius 1 is 1.35 bits per heavy atom. The van der Waals surface area contributed by atoms with Crippen molar-refractivity contribution in [2.24, 2.45) is 5.92 Å². The smallest absolute Gasteiger partial charge is 0.135 e. The number of nitrogens with zero attached hydrogens (tertiary/aromatic N) is 3. The first-order chi connectivity index (χ1) is 7.97. The van der Waals surface area contributed by atoms with Crippen LogP contribution in [-0.2, 0) is 0 Å². The minimum absolute atomic E-state index is 0.313. The van der Waals surface area contributed by atoms with E-state index in [1.165, 1.54) is 6.42 Å². The summed E-state index contributed by atoms with van der Waals surface area (Å²) in [6.45, 7) is 9.78. The van der Waals surface area contributed by atoms with Crippen molar-refractivity contribution >= 4 is 11.6 Å². The first-order valence-corrected chi connectivity index (χ1v) is 6.38. The molecular formula is C13H22N4. The average molecular weight is 234 g/mol. The molecule has 1 aromatic rings. The van der Waals surface area contributed by atoms with Crippen LogP contribution in [0.5, 0.6) is 0 Å². The number of hydrogen-bond acceptors (Lipinski definition) is 4. The van der Waals surface area contributed by atoms with Gasteiger partial charge < -0.3 is 10.6 Å². The van der Waals surface area contributed by atoms with Gasteiger partial charge in [-0.05, 0) is 19.3 Å². The molecular weight excluding hydrogens is 212 g/mol. The van der Waals surface area contributed by atoms with E-state index in [4.69, 9.17) is 5.73 Å². The van der Waals surface area contributed by atoms with Gasteiger partial charge in [0.1, 0.15) is 17.5 Å². The lowest BCUT2D eigenvalue weighted by Crippen LogP contribution is -2.28. The van der Waals surface area contributed by atoms with Crippen LogP contribution in [0.4, 0.5) is 11.6 Å². The maximum absolute atomic E-state index is 5.87. The second-order valence-electron chi connectivity index (χ2n) is 5.51. The van der Waals surface area contributed by atoms with E-state index >= 15 is 0 Å². The van der Waals surface area contributed by atoms with Crippen LogP contribution in [0, 0.1) is 5.92 Å². The Morgan fingerprint density at radius 3 is 2.59 bits per heavy atom. The summed E-state index contributed by atoms with van der Waals surface area (Å²) in [6, 6.07) is 2.43. The molecule has 1 saturated heterocycles. The lowest BCUT2D eigenvalue weighted by atomic mass is 10.1. The van der Waals surface area contributed by atoms with Crippen LogP contribution >= 0.6 is 0 Å². The number of anilines is 2. The third-order valence-electron chi connectivity index (χ3n) is 3.34. The first kappa shape index (κ1) is 12.1. The number of rotatable bonds is 2. The fourth-order valence-corrected chi connectivity index (χ4v) is 2.50. The molecule has 1 aromatic heterocycles. The Bertz CT molecular complexity index is 402. The molecule has 0 amide bonds. The molecule has 0 bridgehead atoms. The third kappa shape index (κ3) is 2.51. The van der Waals surface area contributed by atoms with E-state index in [0.29, 0.717) is 17.8 Å². The van der Waals surface area contributed by atoms with Crippen molar-refractivity contribution in [3.05, 3.63) is 11.9 Å². The highest BCUT2D eigenvalue weighted by atomic mass is 15.2. The van der Waals surface area contributed by atoms with Crippen molar-refractivity contribution in [2.75, 3.05) is 17.2 Å². The number of aromatic nitrogens is 2. The molecule has 1 aliphatic heterocycles. The van der Waals surface area contributed by atoms with Crippen molar-refractivity contribution in [3.8, 4) is 0 Å². The van der Waals surface area contributed by atoms with E-state index in [9.17, 15) is 0 Å². The fourth-order valence-electron chi connectivity index (χ4n) is 2.50. The second-order valence-corrected chi connectivity index (χ2v) is 5.51. The summed E-state index contributed by atoms with van der Waals surface area (Å²) in [5, 5.41) is 0. The molecule has 17 heavy (non-hydrogen) atoms. The van der Waals surface area contributed by atoms with Gasteiger partial charge in [0.25, 0.3) is 0 Å². The molecule has 94 valence electrons. The van der Waals surface area contributed by atoms with E-state index in [1.54, 1.807) is 0 Å². The first-order valence-electron chi connectivity index (χ1n) is 6.38. The zero-order valence-corrected chi connectivity index (χ0v) is 11.1. The molecule has 2 atom stereocenters. The minimum Gasteiger partial charge on any atom is -0.384 e. The highest BCUT2D eigenvalue weighted by Gasteiger charge is 2.27. The molecule has 2 heterocycles. The van der Waals surface area contributed by atoms with Crippen LogP contribution in [0.1, 0.15) is 45.9 Å². The summed E-state index contributed by atoms with van der Waals surface area (Å²) >= 11 is 0. The van der Waals surface area contributed by atoms with Crippen molar-refractivity contribution in [1.82, 2.24) is 9.97 Å². The molecule has 0 spiro atoms. The number of hydrogen-bond donors (Lipinski definition) is 1. The normalized spacial score (nSPS) is 24.6. The topological polar surface area (TPSA) is 55.0 Å². The fraction of sp³-hybridized carbons (Fsp3) is 0.692. The Balaban J connectivity index is 2.32. The van der Waals surface area contributed by atoms with E-state index < -0.39 is 0 Å². The van der Waals surface area contributed by atoms with Gasteiger partial charge in [0.05, 0.1) is 0 Å². The molecule has 1 aliphatic rings. The van der Waals surface area contributed by atoms with E-state index in [2.05, 4.69) is 42.6 Å². The van der Waals surface area contributed by atoms with Crippen LogP contribution < -0.4 is 10.6 Å². The molecule has 0 saturated carbocycles. The summed E-state index contributed by atoms with van der Waals surface area (Å²) in [5.41, 5.74) is 5.87. The standard InChI is InChI=1S/C13H22N4/c1-8(2)13-15-11(14)6-12(16-13)17-7-9(3)5-10(17)4/h6,8-10H,5,7H2,1-4H3,(H2,14,15,16). The third-order valence-corrected chi connectivity index (χ3v) is 3.34. The van der Waals surface area contributed by atoms with Crippen LogP contribution in [0.25, 0.3) is 0 Å². The van der Waals surface area contributed by atoms with Crippen LogP contribution in [-0.4, -0.2) is 22.6 Å². The van der Waals surface area contributed by atoms with Crippen molar-refractivity contribution in [1.29, 1.82) is 0 Å². The minimum atomic E-state index is 0.313. The molecule has 4 heteroatoms. The van der Waals surface area contributed by atoms with Gasteiger partial charge >= 0.3 is 0 Å². The monoisotopic (exact) mass is 234 g/mol. The zero-order chi connectivity index (χ0) is 12.6. The average Bonchev–Trinajstić information content (AvgIpc) is 2.57. The van der Waals surface area contributed by atoms with Crippen LogP contribution in [0.2, 0.25) is 0 Å². The summed E-state index contributed by atoms with van der Waals surface area (Å²) in [7, 11) is 0. The van der Waals surface area contributed by atoms with Crippen LogP contribution in [0.15, 0.2) is 6.07 Å². The summed E-state index contributed by atoms with van der Waals surface area (Å²) < 4.78 is 0. The quantitative estimate of drug-likeness (QED) is 0.853. The Kier molecular flexibility index (Phi) is 3.22. The number of nitrogen functional groups attached to an aromatic ring is 1. The molecule has 0 aliphatic carbocycles. The van der Waals surface area contributed by atoms with Crippen molar-refractivity contribution in [3.63, 3.8) is 0 Å².